The van der Waals surface area contributed by atoms with Crippen LogP contribution >= 0.6 is 23.1 Å². The molecule has 5 heterocycles. The molecule has 3 N–H and O–H groups in total. The van der Waals surface area contributed by atoms with Gasteiger partial charge in [-0.1, -0.05) is 10.3 Å². The van der Waals surface area contributed by atoms with E-state index in [-0.39, 0.29) is 29.8 Å². The van der Waals surface area contributed by atoms with E-state index in [2.05, 4.69) is 30.0 Å². The van der Waals surface area contributed by atoms with E-state index in [4.69, 9.17) is 5.73 Å². The Balaban J connectivity index is 1.36. The Bertz CT molecular complexity index is 1410. The van der Waals surface area contributed by atoms with Gasteiger partial charge in [0.2, 0.25) is 11.5 Å². The van der Waals surface area contributed by atoms with Gasteiger partial charge in [0.15, 0.2) is 18.9 Å². The number of carboxylic acid groups (broad SMARTS) is 1. The molecule has 2 atom stereocenters. The summed E-state index contributed by atoms with van der Waals surface area (Å²) in [5.74, 6) is -2.74. The Morgan fingerprint density at radius 1 is 1.46 bits per heavy atom. The number of pyridine rings is 1. The Hall–Kier alpha value is -3.98. The zero-order chi connectivity index (χ0) is 24.7. The van der Waals surface area contributed by atoms with Crippen LogP contribution in [0.5, 0.6) is 0 Å². The molecule has 1 saturated heterocycles. The van der Waals surface area contributed by atoms with Gasteiger partial charge in [0.25, 0.3) is 11.8 Å². The number of aliphatic carboxylic acids is 1. The van der Waals surface area contributed by atoms with Gasteiger partial charge in [-0.3, -0.25) is 14.5 Å². The number of carbonyl (C=O) groups is 3. The number of hydrogen-bond donors (Lipinski definition) is 2. The van der Waals surface area contributed by atoms with Gasteiger partial charge in [0, 0.05) is 22.1 Å². The minimum Gasteiger partial charge on any atom is -0.543 e. The fourth-order valence-corrected chi connectivity index (χ4v) is 5.98. The van der Waals surface area contributed by atoms with Crippen LogP contribution < -0.4 is 20.7 Å². The molecule has 5 rings (SSSR count). The van der Waals surface area contributed by atoms with E-state index in [9.17, 15) is 19.5 Å². The van der Waals surface area contributed by atoms with Crippen molar-refractivity contribution in [3.8, 4) is 0 Å². The van der Waals surface area contributed by atoms with Crippen molar-refractivity contribution in [2.45, 2.75) is 18.0 Å². The molecule has 3 aromatic rings. The summed E-state index contributed by atoms with van der Waals surface area (Å²) in [6, 6.07) is 2.66. The molecular weight excluding hydrogens is 498 g/mol. The van der Waals surface area contributed by atoms with E-state index in [1.165, 1.54) is 18.9 Å². The second kappa shape index (κ2) is 8.99. The molecule has 0 spiro atoms. The second-order valence-corrected chi connectivity index (χ2v) is 9.59. The number of carboxylic acids is 1. The molecule has 2 aliphatic rings. The molecule has 0 aliphatic carbocycles. The zero-order valence-corrected chi connectivity index (χ0v) is 19.7. The van der Waals surface area contributed by atoms with Crippen LogP contribution in [0.25, 0.3) is 10.1 Å². The molecule has 0 radical (unpaired) electrons. The van der Waals surface area contributed by atoms with Crippen LogP contribution in [0, 0.1) is 0 Å². The number of nitrogens with one attached hydrogen (secondary N) is 1. The number of anilines is 1. The molecule has 0 bridgehead atoms. The van der Waals surface area contributed by atoms with Gasteiger partial charge in [-0.15, -0.1) is 23.1 Å². The first-order valence-electron chi connectivity index (χ1n) is 10.1. The van der Waals surface area contributed by atoms with E-state index in [0.29, 0.717) is 11.3 Å². The van der Waals surface area contributed by atoms with Gasteiger partial charge in [0.05, 0.1) is 17.1 Å². The van der Waals surface area contributed by atoms with Crippen LogP contribution in [0.3, 0.4) is 0 Å². The number of amides is 2. The molecule has 2 amide bonds. The van der Waals surface area contributed by atoms with Crippen LogP contribution in [0.15, 0.2) is 50.9 Å². The topological polar surface area (TPSA) is 180 Å². The number of nitrogen functional groups attached to an aromatic ring is 1. The minimum atomic E-state index is -1.45. The van der Waals surface area contributed by atoms with Crippen molar-refractivity contribution in [2.75, 3.05) is 18.6 Å². The summed E-state index contributed by atoms with van der Waals surface area (Å²) in [5, 5.41) is 24.1. The third kappa shape index (κ3) is 4.08. The summed E-state index contributed by atoms with van der Waals surface area (Å²) < 4.78 is 7.63. The predicted molar refractivity (Wildman–Crippen MR) is 121 cm³/mol. The lowest BCUT2D eigenvalue weighted by Crippen LogP contribution is -2.71. The summed E-state index contributed by atoms with van der Waals surface area (Å²) in [4.78, 5) is 47.3. The van der Waals surface area contributed by atoms with Crippen LogP contribution in [0.1, 0.15) is 5.82 Å². The SMILES string of the molecule is CO/N=C(\C(=O)NC1C(=O)N2C(C(=O)[O-])=C(C[n+]3ccc4sccc4c3)CS[C@H]12)c1noc(N)n1. The number of thiophene rings is 1. The maximum Gasteiger partial charge on any atom is 0.319 e. The lowest BCUT2D eigenvalue weighted by atomic mass is 10.0. The average Bonchev–Trinajstić information content (AvgIpc) is 3.48. The summed E-state index contributed by atoms with van der Waals surface area (Å²) in [6.45, 7) is 0.277. The van der Waals surface area contributed by atoms with Crippen molar-refractivity contribution >= 4 is 62.7 Å². The minimum absolute atomic E-state index is 0.182. The van der Waals surface area contributed by atoms with E-state index in [1.807, 2.05) is 34.5 Å². The molecule has 35 heavy (non-hydrogen) atoms. The van der Waals surface area contributed by atoms with E-state index in [0.717, 1.165) is 15.0 Å². The van der Waals surface area contributed by atoms with Crippen LogP contribution in [0.2, 0.25) is 0 Å². The number of rotatable bonds is 7. The molecule has 13 nitrogen and oxygen atoms in total. The number of nitrogens with zero attached hydrogens (tertiary/aromatic N) is 5. The lowest BCUT2D eigenvalue weighted by molar-refractivity contribution is -0.687. The first-order valence-corrected chi connectivity index (χ1v) is 12.1. The maximum atomic E-state index is 12.9. The van der Waals surface area contributed by atoms with E-state index < -0.39 is 29.2 Å². The molecule has 1 fully saturated rings. The lowest BCUT2D eigenvalue weighted by Gasteiger charge is -2.50. The third-order valence-corrected chi connectivity index (χ3v) is 7.64. The number of carbonyl (C=O) groups excluding carboxylic acids is 3. The smallest absolute Gasteiger partial charge is 0.319 e. The zero-order valence-electron chi connectivity index (χ0n) is 18.0. The summed E-state index contributed by atoms with van der Waals surface area (Å²) in [7, 11) is 1.22. The quantitative estimate of drug-likeness (QED) is 0.165. The number of nitrogens with two attached hydrogens (primary N) is 1. The van der Waals surface area contributed by atoms with Gasteiger partial charge in [-0.25, -0.2) is 4.57 Å². The Morgan fingerprint density at radius 2 is 2.29 bits per heavy atom. The standard InChI is InChI=1S/C20H17N7O6S2/c1-32-24-12(15-23-20(21)33-25-15)16(28)22-13-17(29)27-14(19(30)31)10(8-35-18(13)27)7-26-4-2-11-9(6-26)3-5-34-11/h2-6,13,18H,7-8H2,1H3,(H3-,21,22,23,25,28,30,31)/b24-12-/t13?,18-/m1/s1. The van der Waals surface area contributed by atoms with Crippen LogP contribution in [-0.4, -0.2) is 62.8 Å². The van der Waals surface area contributed by atoms with Crippen molar-refractivity contribution in [3.63, 3.8) is 0 Å². The van der Waals surface area contributed by atoms with Gasteiger partial charge >= 0.3 is 6.01 Å². The first kappa shape index (κ1) is 22.8. The Morgan fingerprint density at radius 3 is 3.00 bits per heavy atom. The van der Waals surface area contributed by atoms with Crippen molar-refractivity contribution in [1.29, 1.82) is 0 Å². The largest absolute Gasteiger partial charge is 0.543 e. The van der Waals surface area contributed by atoms with Gasteiger partial charge in [-0.2, -0.15) is 4.98 Å². The van der Waals surface area contributed by atoms with Crippen LogP contribution in [-0.2, 0) is 25.8 Å². The maximum absolute atomic E-state index is 12.9. The predicted octanol–water partition coefficient (Wildman–Crippen LogP) is -1.39. The fourth-order valence-electron chi connectivity index (χ4n) is 3.89. The second-order valence-electron chi connectivity index (χ2n) is 7.54. The van der Waals surface area contributed by atoms with E-state index in [1.54, 1.807) is 11.3 Å². The molecular formula is C20H17N7O6S2. The molecule has 15 heteroatoms. The number of hydrogen-bond acceptors (Lipinski definition) is 12. The monoisotopic (exact) mass is 515 g/mol. The third-order valence-electron chi connectivity index (χ3n) is 5.40. The van der Waals surface area contributed by atoms with Gasteiger partial charge in [0.1, 0.15) is 18.5 Å². The molecule has 180 valence electrons. The number of thioether (sulfide) groups is 1. The average molecular weight is 516 g/mol. The molecule has 0 aromatic carbocycles. The van der Waals surface area contributed by atoms with Gasteiger partial charge in [-0.05, 0) is 11.4 Å². The van der Waals surface area contributed by atoms with Crippen molar-refractivity contribution in [1.82, 2.24) is 20.4 Å². The summed E-state index contributed by atoms with van der Waals surface area (Å²) >= 11 is 2.95. The normalized spacial score (nSPS) is 20.0. The van der Waals surface area contributed by atoms with Crippen molar-refractivity contribution in [2.24, 2.45) is 5.16 Å². The highest BCUT2D eigenvalue weighted by Crippen LogP contribution is 2.40. The molecule has 1 unspecified atom stereocenters. The van der Waals surface area contributed by atoms with Crippen molar-refractivity contribution in [3.05, 3.63) is 47.0 Å². The fraction of sp³-hybridized carbons (Fsp3) is 0.250. The number of oxime groups is 1. The molecule has 2 aliphatic heterocycles. The molecule has 0 saturated carbocycles. The Kier molecular flexibility index (Phi) is 5.86. The first-order chi connectivity index (χ1) is 16.9. The van der Waals surface area contributed by atoms with Crippen molar-refractivity contribution < 1.29 is 33.4 Å². The van der Waals surface area contributed by atoms with E-state index >= 15 is 0 Å². The summed E-state index contributed by atoms with van der Waals surface area (Å²) in [6.07, 6.45) is 3.78. The van der Waals surface area contributed by atoms with Crippen LogP contribution in [0.4, 0.5) is 6.01 Å². The highest BCUT2D eigenvalue weighted by Gasteiger charge is 2.53. The number of β-lactam (4-membered cyclic amide) rings is 1. The number of aromatic nitrogens is 3. The highest BCUT2D eigenvalue weighted by molar-refractivity contribution is 8.00. The van der Waals surface area contributed by atoms with Gasteiger partial charge < -0.3 is 30.3 Å². The summed E-state index contributed by atoms with van der Waals surface area (Å²) in [5.41, 5.74) is 5.40. The molecule has 3 aromatic heterocycles. The number of fused-ring (bicyclic) bond motifs is 2. The Labute approximate surface area is 205 Å². The highest BCUT2D eigenvalue weighted by atomic mass is 32.2.